The molecule has 1 heterocycles. The van der Waals surface area contributed by atoms with E-state index in [2.05, 4.69) is 10.3 Å². The second-order valence-corrected chi connectivity index (χ2v) is 5.71. The number of hydrogen-bond donors (Lipinski definition) is 3. The molecule has 116 valence electrons. The normalized spacial score (nSPS) is 17.7. The van der Waals surface area contributed by atoms with E-state index in [0.717, 1.165) is 11.8 Å². The van der Waals surface area contributed by atoms with Crippen LogP contribution in [-0.4, -0.2) is 21.3 Å². The highest BCUT2D eigenvalue weighted by Gasteiger charge is 2.24. The van der Waals surface area contributed by atoms with Gasteiger partial charge in [-0.3, -0.25) is 4.79 Å². The van der Waals surface area contributed by atoms with Crippen LogP contribution >= 0.6 is 11.8 Å². The van der Waals surface area contributed by atoms with Gasteiger partial charge in [-0.2, -0.15) is 0 Å². The number of aliphatic imine (C=N–C) groups is 1. The molecule has 3 N–H and O–H groups in total. The first-order valence-electron chi connectivity index (χ1n) is 6.59. The van der Waals surface area contributed by atoms with E-state index in [1.54, 1.807) is 24.3 Å². The van der Waals surface area contributed by atoms with E-state index in [-0.39, 0.29) is 28.3 Å². The lowest BCUT2D eigenvalue weighted by Gasteiger charge is -1.99. The number of thioether (sulfide) groups is 1. The van der Waals surface area contributed by atoms with Crippen molar-refractivity contribution in [3.8, 4) is 11.5 Å². The molecule has 1 fully saturated rings. The molecule has 0 unspecified atom stereocenters. The van der Waals surface area contributed by atoms with Crippen molar-refractivity contribution in [2.75, 3.05) is 0 Å². The lowest BCUT2D eigenvalue weighted by molar-refractivity contribution is -0.115. The molecule has 0 saturated carbocycles. The van der Waals surface area contributed by atoms with Gasteiger partial charge in [-0.25, -0.2) is 9.38 Å². The third-order valence-electron chi connectivity index (χ3n) is 3.02. The molecule has 2 aromatic carbocycles. The van der Waals surface area contributed by atoms with E-state index in [9.17, 15) is 19.4 Å². The van der Waals surface area contributed by atoms with Gasteiger partial charge in [0.05, 0.1) is 4.91 Å². The van der Waals surface area contributed by atoms with E-state index >= 15 is 0 Å². The standard InChI is InChI=1S/C16H11FN2O3S/c17-10-3-1-2-4-11(10)18-16-19-15(22)14(23-16)8-9-5-6-12(20)13(21)7-9/h1-8,20-21H,(H,18,19,22)/b14-8-. The second kappa shape index (κ2) is 6.13. The van der Waals surface area contributed by atoms with Gasteiger partial charge in [0.1, 0.15) is 11.5 Å². The Labute approximate surface area is 135 Å². The molecule has 0 radical (unpaired) electrons. The summed E-state index contributed by atoms with van der Waals surface area (Å²) in [5.41, 5.74) is 0.684. The van der Waals surface area contributed by atoms with Gasteiger partial charge >= 0.3 is 0 Å². The number of carbonyl (C=O) groups is 1. The molecule has 7 heteroatoms. The zero-order valence-corrected chi connectivity index (χ0v) is 12.5. The summed E-state index contributed by atoms with van der Waals surface area (Å²) in [6.45, 7) is 0. The number of hydrogen-bond acceptors (Lipinski definition) is 5. The van der Waals surface area contributed by atoms with E-state index in [0.29, 0.717) is 10.5 Å². The maximum atomic E-state index is 13.6. The first kappa shape index (κ1) is 15.1. The molecule has 1 aliphatic heterocycles. The van der Waals surface area contributed by atoms with E-state index in [1.807, 2.05) is 0 Å². The molecule has 0 bridgehead atoms. The Bertz CT molecular complexity index is 849. The van der Waals surface area contributed by atoms with Gasteiger partial charge in [0.15, 0.2) is 16.7 Å². The number of aromatic hydroxyl groups is 2. The summed E-state index contributed by atoms with van der Waals surface area (Å²) >= 11 is 1.07. The van der Waals surface area contributed by atoms with Crippen molar-refractivity contribution < 1.29 is 19.4 Å². The summed E-state index contributed by atoms with van der Waals surface area (Å²) in [6.07, 6.45) is 1.54. The summed E-state index contributed by atoms with van der Waals surface area (Å²) in [5.74, 6) is -1.35. The average Bonchev–Trinajstić information content (AvgIpc) is 2.85. The third kappa shape index (κ3) is 3.35. The molecule has 1 amide bonds. The van der Waals surface area contributed by atoms with Crippen LogP contribution in [0, 0.1) is 5.82 Å². The maximum absolute atomic E-state index is 13.6. The summed E-state index contributed by atoms with van der Waals surface area (Å²) in [5, 5.41) is 21.6. The van der Waals surface area contributed by atoms with Crippen LogP contribution in [0.5, 0.6) is 11.5 Å². The Kier molecular flexibility index (Phi) is 4.03. The molecular weight excluding hydrogens is 319 g/mol. The fraction of sp³-hybridized carbons (Fsp3) is 0. The van der Waals surface area contributed by atoms with Crippen molar-refractivity contribution in [3.63, 3.8) is 0 Å². The van der Waals surface area contributed by atoms with E-state index < -0.39 is 5.82 Å². The van der Waals surface area contributed by atoms with Crippen LogP contribution in [0.2, 0.25) is 0 Å². The Balaban J connectivity index is 1.86. The summed E-state index contributed by atoms with van der Waals surface area (Å²) in [7, 11) is 0. The minimum Gasteiger partial charge on any atom is -0.504 e. The zero-order valence-electron chi connectivity index (χ0n) is 11.7. The molecule has 0 aliphatic carbocycles. The minimum absolute atomic E-state index is 0.138. The number of benzene rings is 2. The van der Waals surface area contributed by atoms with Crippen LogP contribution in [-0.2, 0) is 4.79 Å². The topological polar surface area (TPSA) is 81.9 Å². The van der Waals surface area contributed by atoms with Crippen molar-refractivity contribution in [1.82, 2.24) is 5.32 Å². The number of amides is 1. The fourth-order valence-corrected chi connectivity index (χ4v) is 2.75. The van der Waals surface area contributed by atoms with Crippen LogP contribution in [0.25, 0.3) is 6.08 Å². The van der Waals surface area contributed by atoms with Crippen molar-refractivity contribution in [3.05, 3.63) is 58.8 Å². The molecule has 3 rings (SSSR count). The van der Waals surface area contributed by atoms with Crippen LogP contribution in [0.3, 0.4) is 0 Å². The van der Waals surface area contributed by atoms with Gasteiger partial charge in [-0.15, -0.1) is 0 Å². The van der Waals surface area contributed by atoms with Crippen LogP contribution < -0.4 is 5.32 Å². The molecule has 0 spiro atoms. The first-order valence-corrected chi connectivity index (χ1v) is 7.41. The predicted molar refractivity (Wildman–Crippen MR) is 87.0 cm³/mol. The SMILES string of the molecule is O=C1NC(=Nc2ccccc2F)S/C1=C\c1ccc(O)c(O)c1. The smallest absolute Gasteiger partial charge is 0.264 e. The highest BCUT2D eigenvalue weighted by molar-refractivity contribution is 8.18. The Hall–Kier alpha value is -2.80. The number of halogens is 1. The van der Waals surface area contributed by atoms with Gasteiger partial charge < -0.3 is 15.5 Å². The molecule has 1 aliphatic rings. The summed E-state index contributed by atoms with van der Waals surface area (Å²) in [6, 6.07) is 10.2. The number of nitrogens with zero attached hydrogens (tertiary/aromatic N) is 1. The number of phenolic OH excluding ortho intramolecular Hbond substituents is 2. The highest BCUT2D eigenvalue weighted by Crippen LogP contribution is 2.31. The third-order valence-corrected chi connectivity index (χ3v) is 3.93. The van der Waals surface area contributed by atoms with Gasteiger partial charge in [0.2, 0.25) is 0 Å². The number of para-hydroxylation sites is 1. The molecule has 23 heavy (non-hydrogen) atoms. The Morgan fingerprint density at radius 3 is 2.65 bits per heavy atom. The van der Waals surface area contributed by atoms with Crippen molar-refractivity contribution in [1.29, 1.82) is 0 Å². The molecule has 2 aromatic rings. The van der Waals surface area contributed by atoms with Gasteiger partial charge in [-0.05, 0) is 47.7 Å². The van der Waals surface area contributed by atoms with Crippen molar-refractivity contribution >= 4 is 34.6 Å². The lowest BCUT2D eigenvalue weighted by atomic mass is 10.2. The van der Waals surface area contributed by atoms with Crippen molar-refractivity contribution in [2.45, 2.75) is 0 Å². The first-order chi connectivity index (χ1) is 11.0. The Morgan fingerprint density at radius 1 is 1.13 bits per heavy atom. The second-order valence-electron chi connectivity index (χ2n) is 4.68. The van der Waals surface area contributed by atoms with Crippen molar-refractivity contribution in [2.24, 2.45) is 4.99 Å². The van der Waals surface area contributed by atoms with Crippen LogP contribution in [0.4, 0.5) is 10.1 Å². The quantitative estimate of drug-likeness (QED) is 0.584. The number of amidine groups is 1. The number of phenols is 2. The van der Waals surface area contributed by atoms with Gasteiger partial charge in [0.25, 0.3) is 5.91 Å². The molecule has 0 atom stereocenters. The summed E-state index contributed by atoms with van der Waals surface area (Å²) < 4.78 is 13.6. The largest absolute Gasteiger partial charge is 0.504 e. The summed E-state index contributed by atoms with van der Waals surface area (Å²) in [4.78, 5) is 16.4. The molecule has 1 saturated heterocycles. The van der Waals surface area contributed by atoms with Gasteiger partial charge in [-0.1, -0.05) is 18.2 Å². The zero-order chi connectivity index (χ0) is 16.4. The minimum atomic E-state index is -0.476. The highest BCUT2D eigenvalue weighted by atomic mass is 32.2. The fourth-order valence-electron chi connectivity index (χ4n) is 1.91. The number of carbonyl (C=O) groups excluding carboxylic acids is 1. The Morgan fingerprint density at radius 2 is 1.91 bits per heavy atom. The molecular formula is C16H11FN2O3S. The number of rotatable bonds is 2. The maximum Gasteiger partial charge on any atom is 0.264 e. The van der Waals surface area contributed by atoms with Crippen LogP contribution in [0.1, 0.15) is 5.56 Å². The lowest BCUT2D eigenvalue weighted by Crippen LogP contribution is -2.19. The monoisotopic (exact) mass is 330 g/mol. The van der Waals surface area contributed by atoms with Gasteiger partial charge in [0, 0.05) is 0 Å². The van der Waals surface area contributed by atoms with E-state index in [4.69, 9.17) is 0 Å². The average molecular weight is 330 g/mol. The molecule has 5 nitrogen and oxygen atoms in total. The predicted octanol–water partition coefficient (Wildman–Crippen LogP) is 3.13. The van der Waals surface area contributed by atoms with E-state index in [1.165, 1.54) is 24.3 Å². The molecule has 0 aromatic heterocycles. The number of nitrogens with one attached hydrogen (secondary N) is 1. The van der Waals surface area contributed by atoms with Crippen LogP contribution in [0.15, 0.2) is 52.4 Å².